The number of anilines is 2. The Bertz CT molecular complexity index is 890. The average Bonchev–Trinajstić information content (AvgIpc) is 2.61. The first-order valence-corrected chi connectivity index (χ1v) is 9.33. The molecule has 2 aromatic rings. The van der Waals surface area contributed by atoms with Crippen LogP contribution < -0.4 is 9.62 Å². The zero-order valence-electron chi connectivity index (χ0n) is 14.7. The van der Waals surface area contributed by atoms with Gasteiger partial charge in [-0.25, -0.2) is 13.2 Å². The molecule has 2 aromatic carbocycles. The van der Waals surface area contributed by atoms with E-state index in [-0.39, 0.29) is 17.4 Å². The van der Waals surface area contributed by atoms with E-state index in [0.29, 0.717) is 16.9 Å². The molecule has 1 N–H and O–H groups in total. The summed E-state index contributed by atoms with van der Waals surface area (Å²) in [5.74, 6) is -0.697. The van der Waals surface area contributed by atoms with Crippen molar-refractivity contribution in [1.29, 1.82) is 0 Å². The first-order valence-electron chi connectivity index (χ1n) is 7.89. The highest BCUT2D eigenvalue weighted by Crippen LogP contribution is 2.23. The summed E-state index contributed by atoms with van der Waals surface area (Å²) < 4.78 is 31.5. The predicted molar refractivity (Wildman–Crippen MR) is 98.7 cm³/mol. The summed E-state index contributed by atoms with van der Waals surface area (Å²) in [6.07, 6.45) is 0. The molecule has 0 atom stereocenters. The minimum atomic E-state index is -3.78. The molecule has 0 aromatic heterocycles. The molecule has 0 fully saturated rings. The number of nitrogens with one attached hydrogen (secondary N) is 1. The van der Waals surface area contributed by atoms with E-state index >= 15 is 0 Å². The van der Waals surface area contributed by atoms with Gasteiger partial charge in [0.25, 0.3) is 10.0 Å². The Morgan fingerprint density at radius 3 is 2.12 bits per heavy atom. The standard InChI is InChI=1S/C18H20N2O5S/c1-4-25-18(22)14-5-9-16(10-6-14)20(3)26(23,24)17-11-7-15(8-12-17)19-13(2)21/h5-12H,4H2,1-3H3,(H,19,21). The molecular weight excluding hydrogens is 356 g/mol. The third kappa shape index (κ3) is 4.40. The predicted octanol–water partition coefficient (Wildman–Crippen LogP) is 2.65. The summed E-state index contributed by atoms with van der Waals surface area (Å²) in [5.41, 5.74) is 1.27. The van der Waals surface area contributed by atoms with Crippen LogP contribution in [0.1, 0.15) is 24.2 Å². The minimum Gasteiger partial charge on any atom is -0.462 e. The van der Waals surface area contributed by atoms with E-state index in [4.69, 9.17) is 4.74 Å². The Hall–Kier alpha value is -2.87. The maximum Gasteiger partial charge on any atom is 0.338 e. The van der Waals surface area contributed by atoms with Crippen molar-refractivity contribution in [2.45, 2.75) is 18.7 Å². The van der Waals surface area contributed by atoms with Gasteiger partial charge in [0.15, 0.2) is 0 Å². The van der Waals surface area contributed by atoms with Gasteiger partial charge < -0.3 is 10.1 Å². The minimum absolute atomic E-state index is 0.0866. The lowest BCUT2D eigenvalue weighted by molar-refractivity contribution is -0.114. The SMILES string of the molecule is CCOC(=O)c1ccc(N(C)S(=O)(=O)c2ccc(NC(C)=O)cc2)cc1. The van der Waals surface area contributed by atoms with E-state index in [9.17, 15) is 18.0 Å². The maximum atomic E-state index is 12.7. The second-order valence-corrected chi connectivity index (χ2v) is 7.41. The number of sulfonamides is 1. The van der Waals surface area contributed by atoms with Crippen molar-refractivity contribution < 1.29 is 22.7 Å². The molecule has 1 amide bonds. The van der Waals surface area contributed by atoms with E-state index in [0.717, 1.165) is 4.31 Å². The van der Waals surface area contributed by atoms with Crippen molar-refractivity contribution >= 4 is 33.3 Å². The van der Waals surface area contributed by atoms with Gasteiger partial charge in [0.1, 0.15) is 0 Å². The van der Waals surface area contributed by atoms with Gasteiger partial charge in [0.05, 0.1) is 22.8 Å². The van der Waals surface area contributed by atoms with Crippen LogP contribution in [-0.4, -0.2) is 33.9 Å². The fraction of sp³-hybridized carbons (Fsp3) is 0.222. The van der Waals surface area contributed by atoms with E-state index in [1.54, 1.807) is 6.92 Å². The summed E-state index contributed by atoms with van der Waals surface area (Å²) >= 11 is 0. The number of nitrogens with zero attached hydrogens (tertiary/aromatic N) is 1. The number of rotatable bonds is 6. The number of carbonyl (C=O) groups excluding carboxylic acids is 2. The monoisotopic (exact) mass is 376 g/mol. The molecule has 0 aliphatic heterocycles. The highest BCUT2D eigenvalue weighted by molar-refractivity contribution is 7.92. The van der Waals surface area contributed by atoms with Gasteiger partial charge in [0, 0.05) is 19.7 Å². The quantitative estimate of drug-likeness (QED) is 0.783. The number of ether oxygens (including phenoxy) is 1. The average molecular weight is 376 g/mol. The van der Waals surface area contributed by atoms with Crippen LogP contribution in [-0.2, 0) is 19.6 Å². The molecule has 0 saturated carbocycles. The molecule has 2 rings (SSSR count). The number of esters is 1. The number of amides is 1. The lowest BCUT2D eigenvalue weighted by Crippen LogP contribution is -2.26. The molecule has 0 heterocycles. The molecule has 0 saturated heterocycles. The Morgan fingerprint density at radius 2 is 1.62 bits per heavy atom. The van der Waals surface area contributed by atoms with Gasteiger partial charge in [-0.1, -0.05) is 0 Å². The summed E-state index contributed by atoms with van der Waals surface area (Å²) in [5, 5.41) is 2.58. The fourth-order valence-corrected chi connectivity index (χ4v) is 3.43. The van der Waals surface area contributed by atoms with Gasteiger partial charge in [-0.2, -0.15) is 0 Å². The van der Waals surface area contributed by atoms with Gasteiger partial charge in [-0.05, 0) is 55.5 Å². The van der Waals surface area contributed by atoms with Crippen LogP contribution in [0.2, 0.25) is 0 Å². The van der Waals surface area contributed by atoms with Crippen molar-refractivity contribution in [2.75, 3.05) is 23.3 Å². The number of hydrogen-bond donors (Lipinski definition) is 1. The second-order valence-electron chi connectivity index (χ2n) is 5.45. The van der Waals surface area contributed by atoms with Gasteiger partial charge in [-0.15, -0.1) is 0 Å². The lowest BCUT2D eigenvalue weighted by Gasteiger charge is -2.20. The summed E-state index contributed by atoms with van der Waals surface area (Å²) in [7, 11) is -2.35. The number of carbonyl (C=O) groups is 2. The molecule has 0 spiro atoms. The van der Waals surface area contributed by atoms with E-state index < -0.39 is 16.0 Å². The summed E-state index contributed by atoms with van der Waals surface area (Å²) in [6.45, 7) is 3.35. The fourth-order valence-electron chi connectivity index (χ4n) is 2.23. The molecule has 26 heavy (non-hydrogen) atoms. The third-order valence-corrected chi connectivity index (χ3v) is 5.37. The Labute approximate surface area is 152 Å². The topological polar surface area (TPSA) is 92.8 Å². The molecule has 138 valence electrons. The van der Waals surface area contributed by atoms with Crippen molar-refractivity contribution in [3.8, 4) is 0 Å². The van der Waals surface area contributed by atoms with E-state index in [1.807, 2.05) is 0 Å². The van der Waals surface area contributed by atoms with E-state index in [2.05, 4.69) is 5.32 Å². The van der Waals surface area contributed by atoms with Crippen LogP contribution in [0.25, 0.3) is 0 Å². The van der Waals surface area contributed by atoms with Crippen molar-refractivity contribution in [3.63, 3.8) is 0 Å². The van der Waals surface area contributed by atoms with Crippen molar-refractivity contribution in [3.05, 3.63) is 54.1 Å². The molecule has 0 aliphatic carbocycles. The molecule has 0 bridgehead atoms. The zero-order chi connectivity index (χ0) is 19.3. The molecule has 0 radical (unpaired) electrons. The molecular formula is C18H20N2O5S. The largest absolute Gasteiger partial charge is 0.462 e. The van der Waals surface area contributed by atoms with Crippen LogP contribution in [0.3, 0.4) is 0 Å². The summed E-state index contributed by atoms with van der Waals surface area (Å²) in [4.78, 5) is 22.8. The maximum absolute atomic E-state index is 12.7. The van der Waals surface area contributed by atoms with Gasteiger partial charge in [0.2, 0.25) is 5.91 Å². The number of benzene rings is 2. The molecule has 7 nitrogen and oxygen atoms in total. The molecule has 8 heteroatoms. The Morgan fingerprint density at radius 1 is 1.04 bits per heavy atom. The first kappa shape index (κ1) is 19.5. The Balaban J connectivity index is 2.22. The Kier molecular flexibility index (Phi) is 5.99. The van der Waals surface area contributed by atoms with Crippen molar-refractivity contribution in [1.82, 2.24) is 0 Å². The highest BCUT2D eigenvalue weighted by Gasteiger charge is 2.21. The van der Waals surface area contributed by atoms with E-state index in [1.165, 1.54) is 62.5 Å². The normalized spacial score (nSPS) is 10.9. The van der Waals surface area contributed by atoms with Gasteiger partial charge >= 0.3 is 5.97 Å². The van der Waals surface area contributed by atoms with Crippen LogP contribution in [0.15, 0.2) is 53.4 Å². The van der Waals surface area contributed by atoms with Crippen LogP contribution in [0.4, 0.5) is 11.4 Å². The lowest BCUT2D eigenvalue weighted by atomic mass is 10.2. The second kappa shape index (κ2) is 8.01. The first-order chi connectivity index (χ1) is 12.3. The highest BCUT2D eigenvalue weighted by atomic mass is 32.2. The van der Waals surface area contributed by atoms with Crippen LogP contribution >= 0.6 is 0 Å². The third-order valence-electron chi connectivity index (χ3n) is 3.58. The van der Waals surface area contributed by atoms with Gasteiger partial charge in [-0.3, -0.25) is 9.10 Å². The zero-order valence-corrected chi connectivity index (χ0v) is 15.5. The smallest absolute Gasteiger partial charge is 0.338 e. The number of hydrogen-bond acceptors (Lipinski definition) is 5. The summed E-state index contributed by atoms with van der Waals surface area (Å²) in [6, 6.07) is 12.0. The molecule has 0 unspecified atom stereocenters. The van der Waals surface area contributed by atoms with Crippen LogP contribution in [0.5, 0.6) is 0 Å². The van der Waals surface area contributed by atoms with Crippen molar-refractivity contribution in [2.24, 2.45) is 0 Å². The molecule has 0 aliphatic rings. The van der Waals surface area contributed by atoms with Crippen LogP contribution in [0, 0.1) is 0 Å².